The van der Waals surface area contributed by atoms with Gasteiger partial charge in [0.25, 0.3) is 5.92 Å². The zero-order valence-corrected chi connectivity index (χ0v) is 17.5. The largest absolute Gasteiger partial charge is 0.358 e. The van der Waals surface area contributed by atoms with Crippen molar-refractivity contribution in [2.45, 2.75) is 40.0 Å². The van der Waals surface area contributed by atoms with Crippen LogP contribution in [0.2, 0.25) is 0 Å². The van der Waals surface area contributed by atoms with E-state index >= 15 is 0 Å². The van der Waals surface area contributed by atoms with Crippen molar-refractivity contribution in [3.8, 4) is 0 Å². The molecule has 0 saturated carbocycles. The molecule has 0 aliphatic heterocycles. The van der Waals surface area contributed by atoms with Crippen molar-refractivity contribution in [3.63, 3.8) is 0 Å². The summed E-state index contributed by atoms with van der Waals surface area (Å²) in [5.41, 5.74) is 4.33. The molecule has 1 heterocycles. The summed E-state index contributed by atoms with van der Waals surface area (Å²) in [6.45, 7) is 14.2. The van der Waals surface area contributed by atoms with Crippen molar-refractivity contribution in [1.29, 1.82) is 0 Å². The summed E-state index contributed by atoms with van der Waals surface area (Å²) in [6.07, 6.45) is 2.18. The molecular formula is C22H23Cl2F2N. The van der Waals surface area contributed by atoms with Gasteiger partial charge in [0.15, 0.2) is 0 Å². The molecule has 27 heavy (non-hydrogen) atoms. The minimum absolute atomic E-state index is 0.0168. The van der Waals surface area contributed by atoms with E-state index in [1.807, 2.05) is 26.8 Å². The number of rotatable bonds is 6. The van der Waals surface area contributed by atoms with E-state index in [1.165, 1.54) is 12.1 Å². The number of aromatic amines is 1. The van der Waals surface area contributed by atoms with Crippen LogP contribution in [-0.2, 0) is 12.3 Å². The van der Waals surface area contributed by atoms with Gasteiger partial charge in [-0.05, 0) is 55.7 Å². The number of fused-ring (bicyclic) bond motifs is 1. The number of benzene rings is 1. The van der Waals surface area contributed by atoms with E-state index in [0.29, 0.717) is 33.1 Å². The summed E-state index contributed by atoms with van der Waals surface area (Å²) in [5.74, 6) is -2.90. The van der Waals surface area contributed by atoms with Gasteiger partial charge in [-0.2, -0.15) is 0 Å². The van der Waals surface area contributed by atoms with Gasteiger partial charge in [-0.15, -0.1) is 0 Å². The lowest BCUT2D eigenvalue weighted by Gasteiger charge is -2.12. The molecule has 1 nitrogen and oxygen atoms in total. The minimum Gasteiger partial charge on any atom is -0.358 e. The number of aryl methyl sites for hydroxylation is 1. The highest BCUT2D eigenvalue weighted by Crippen LogP contribution is 2.34. The second-order valence-corrected chi connectivity index (χ2v) is 7.59. The van der Waals surface area contributed by atoms with Gasteiger partial charge in [0.05, 0.1) is 5.03 Å². The molecular weight excluding hydrogens is 387 g/mol. The summed E-state index contributed by atoms with van der Waals surface area (Å²) >= 11 is 12.9. The number of allylic oxidation sites excluding steroid dienone is 6. The first-order valence-corrected chi connectivity index (χ1v) is 9.27. The number of halogens is 4. The molecule has 5 heteroatoms. The molecule has 2 aromatic rings. The third kappa shape index (κ3) is 4.72. The Balaban J connectivity index is 2.55. The second-order valence-electron chi connectivity index (χ2n) is 6.80. The fraction of sp³-hybridized carbons (Fsp3) is 0.273. The highest BCUT2D eigenvalue weighted by Gasteiger charge is 2.25. The van der Waals surface area contributed by atoms with Gasteiger partial charge in [0, 0.05) is 40.5 Å². The third-order valence-corrected chi connectivity index (χ3v) is 5.36. The molecule has 144 valence electrons. The molecule has 1 aromatic heterocycles. The summed E-state index contributed by atoms with van der Waals surface area (Å²) < 4.78 is 27.4. The van der Waals surface area contributed by atoms with E-state index in [4.69, 9.17) is 23.2 Å². The first-order chi connectivity index (χ1) is 12.5. The van der Waals surface area contributed by atoms with Gasteiger partial charge in [0.1, 0.15) is 0 Å². The van der Waals surface area contributed by atoms with Gasteiger partial charge < -0.3 is 4.98 Å². The summed E-state index contributed by atoms with van der Waals surface area (Å²) in [4.78, 5) is 3.22. The van der Waals surface area contributed by atoms with Crippen LogP contribution in [-0.4, -0.2) is 4.98 Å². The van der Waals surface area contributed by atoms with Gasteiger partial charge in [-0.3, -0.25) is 0 Å². The fourth-order valence-electron chi connectivity index (χ4n) is 2.83. The average Bonchev–Trinajstić information content (AvgIpc) is 3.00. The number of hydrogen-bond acceptors (Lipinski definition) is 0. The summed E-state index contributed by atoms with van der Waals surface area (Å²) in [7, 11) is 0. The summed E-state index contributed by atoms with van der Waals surface area (Å²) in [6, 6.07) is 4.95. The van der Waals surface area contributed by atoms with Crippen LogP contribution in [0, 0.1) is 6.92 Å². The smallest absolute Gasteiger partial charge is 0.270 e. The molecule has 0 amide bonds. The number of alkyl halides is 2. The standard InChI is InChI=1S/C22H23Cl2F2N/c1-7-19(23)18(21(24)14(5)12(2)3)11-16-10-17-13(4)8-15(22(6,25)26)9-20(17)27-16/h7-10,27H,2,5,11H2,1,3-4,6H3/b19-7+,21-18+. The number of hydrogen-bond donors (Lipinski definition) is 1. The topological polar surface area (TPSA) is 15.8 Å². The molecule has 0 fully saturated rings. The third-order valence-electron chi connectivity index (χ3n) is 4.46. The van der Waals surface area contributed by atoms with Crippen LogP contribution in [0.15, 0.2) is 64.2 Å². The predicted molar refractivity (Wildman–Crippen MR) is 113 cm³/mol. The molecule has 0 unspecified atom stereocenters. The minimum atomic E-state index is -2.90. The van der Waals surface area contributed by atoms with Crippen molar-refractivity contribution in [2.75, 3.05) is 0 Å². The average molecular weight is 410 g/mol. The molecule has 0 aliphatic rings. The highest BCUT2D eigenvalue weighted by molar-refractivity contribution is 6.37. The normalized spacial score (nSPS) is 13.7. The monoisotopic (exact) mass is 409 g/mol. The first kappa shape index (κ1) is 21.5. The van der Waals surface area contributed by atoms with E-state index in [1.54, 1.807) is 6.08 Å². The van der Waals surface area contributed by atoms with Crippen molar-refractivity contribution in [2.24, 2.45) is 0 Å². The molecule has 0 bridgehead atoms. The SMILES string of the molecule is C=C(C)C(=C)/C(Cl)=C(Cc1cc2c(C)cc(C(C)(F)F)cc2[nH]1)\C(Cl)=C/C. The predicted octanol–water partition coefficient (Wildman–Crippen LogP) is 7.90. The number of nitrogens with one attached hydrogen (secondary N) is 1. The van der Waals surface area contributed by atoms with E-state index in [2.05, 4.69) is 18.1 Å². The highest BCUT2D eigenvalue weighted by atomic mass is 35.5. The lowest BCUT2D eigenvalue weighted by molar-refractivity contribution is 0.0175. The maximum Gasteiger partial charge on any atom is 0.270 e. The van der Waals surface area contributed by atoms with Crippen LogP contribution in [0.3, 0.4) is 0 Å². The molecule has 1 N–H and O–H groups in total. The van der Waals surface area contributed by atoms with Gasteiger partial charge in [-0.1, -0.05) is 48.0 Å². The van der Waals surface area contributed by atoms with Crippen LogP contribution in [0.1, 0.15) is 37.6 Å². The Morgan fingerprint density at radius 2 is 1.85 bits per heavy atom. The van der Waals surface area contributed by atoms with Crippen molar-refractivity contribution >= 4 is 34.1 Å². The zero-order chi connectivity index (χ0) is 20.5. The molecule has 0 radical (unpaired) electrons. The van der Waals surface area contributed by atoms with E-state index < -0.39 is 5.92 Å². The van der Waals surface area contributed by atoms with Crippen molar-refractivity contribution in [1.82, 2.24) is 4.98 Å². The van der Waals surface area contributed by atoms with Crippen molar-refractivity contribution < 1.29 is 8.78 Å². The maximum absolute atomic E-state index is 13.7. The fourth-order valence-corrected chi connectivity index (χ4v) is 3.37. The maximum atomic E-state index is 13.7. The van der Waals surface area contributed by atoms with E-state index in [-0.39, 0.29) is 5.56 Å². The Bertz CT molecular complexity index is 972. The molecule has 0 aliphatic carbocycles. The lowest BCUT2D eigenvalue weighted by Crippen LogP contribution is -2.07. The molecule has 2 rings (SSSR count). The Morgan fingerprint density at radius 1 is 1.22 bits per heavy atom. The summed E-state index contributed by atoms with van der Waals surface area (Å²) in [5, 5.41) is 1.85. The Hall–Kier alpha value is -1.84. The van der Waals surface area contributed by atoms with Crippen molar-refractivity contribution in [3.05, 3.63) is 81.0 Å². The number of H-pyrrole nitrogens is 1. The number of aromatic nitrogens is 1. The molecule has 1 aromatic carbocycles. The van der Waals surface area contributed by atoms with Gasteiger partial charge >= 0.3 is 0 Å². The van der Waals surface area contributed by atoms with E-state index in [0.717, 1.165) is 29.1 Å². The first-order valence-electron chi connectivity index (χ1n) is 8.52. The van der Waals surface area contributed by atoms with Crippen LogP contribution < -0.4 is 0 Å². The van der Waals surface area contributed by atoms with Crippen LogP contribution in [0.4, 0.5) is 8.78 Å². The Kier molecular flexibility index (Phi) is 6.39. The van der Waals surface area contributed by atoms with Crippen LogP contribution >= 0.6 is 23.2 Å². The zero-order valence-electron chi connectivity index (χ0n) is 15.9. The Labute approximate surface area is 169 Å². The quantitative estimate of drug-likeness (QED) is 0.466. The molecule has 0 atom stereocenters. The molecule has 0 spiro atoms. The molecule has 0 saturated heterocycles. The van der Waals surface area contributed by atoms with Gasteiger partial charge in [0.2, 0.25) is 0 Å². The van der Waals surface area contributed by atoms with E-state index in [9.17, 15) is 8.78 Å². The van der Waals surface area contributed by atoms with Gasteiger partial charge in [-0.25, -0.2) is 8.78 Å². The van der Waals surface area contributed by atoms with Crippen LogP contribution in [0.25, 0.3) is 10.9 Å². The Morgan fingerprint density at radius 3 is 2.37 bits per heavy atom. The lowest BCUT2D eigenvalue weighted by atomic mass is 10.0. The second kappa shape index (κ2) is 8.04. The van der Waals surface area contributed by atoms with Crippen LogP contribution in [0.5, 0.6) is 0 Å².